The van der Waals surface area contributed by atoms with E-state index in [0.717, 1.165) is 11.6 Å². The zero-order valence-electron chi connectivity index (χ0n) is 17.5. The van der Waals surface area contributed by atoms with E-state index in [1.807, 2.05) is 6.07 Å². The number of carboxylic acid groups (broad SMARTS) is 1. The molecule has 1 aromatic carbocycles. The average Bonchev–Trinajstić information content (AvgIpc) is 3.33. The lowest BCUT2D eigenvalue weighted by Crippen LogP contribution is -2.30. The number of hydrogen-bond donors (Lipinski definition) is 2. The molecule has 166 valence electrons. The summed E-state index contributed by atoms with van der Waals surface area (Å²) in [6.45, 7) is 6.69. The summed E-state index contributed by atoms with van der Waals surface area (Å²) >= 11 is 0. The average molecular weight is 440 g/mol. The van der Waals surface area contributed by atoms with Crippen LogP contribution in [0, 0.1) is 0 Å². The Morgan fingerprint density at radius 2 is 2.19 bits per heavy atom. The van der Waals surface area contributed by atoms with Gasteiger partial charge in [-0.25, -0.2) is 13.6 Å². The maximum absolute atomic E-state index is 14.1. The minimum absolute atomic E-state index is 0.0781. The second-order valence-corrected chi connectivity index (χ2v) is 7.48. The van der Waals surface area contributed by atoms with Crippen LogP contribution in [-0.4, -0.2) is 35.6 Å². The van der Waals surface area contributed by atoms with Crippen LogP contribution in [0.4, 0.5) is 8.78 Å². The van der Waals surface area contributed by atoms with E-state index in [1.165, 1.54) is 11.7 Å². The summed E-state index contributed by atoms with van der Waals surface area (Å²) in [5.74, 6) is -2.27. The molecule has 0 spiro atoms. The lowest BCUT2D eigenvalue weighted by atomic mass is 9.97. The first-order valence-corrected chi connectivity index (χ1v) is 9.92. The van der Waals surface area contributed by atoms with Crippen molar-refractivity contribution in [2.75, 3.05) is 13.7 Å². The van der Waals surface area contributed by atoms with Crippen molar-refractivity contribution in [2.24, 2.45) is 0 Å². The summed E-state index contributed by atoms with van der Waals surface area (Å²) in [7, 11) is 1.51. The minimum Gasteiger partial charge on any atom is -0.493 e. The molecule has 1 atom stereocenters. The monoisotopic (exact) mass is 440 g/mol. The number of nitrogens with one attached hydrogen (secondary N) is 1. The zero-order chi connectivity index (χ0) is 23.0. The van der Waals surface area contributed by atoms with Gasteiger partial charge in [-0.1, -0.05) is 19.2 Å². The predicted octanol–water partition coefficient (Wildman–Crippen LogP) is 4.64. The van der Waals surface area contributed by atoms with Gasteiger partial charge in [-0.15, -0.1) is 0 Å². The number of aromatic nitrogens is 1. The second-order valence-electron chi connectivity index (χ2n) is 7.48. The highest BCUT2D eigenvalue weighted by atomic mass is 19.1. The minimum atomic E-state index is -1.22. The third kappa shape index (κ3) is 3.73. The largest absolute Gasteiger partial charge is 0.493 e. The van der Waals surface area contributed by atoms with Crippen molar-refractivity contribution >= 4 is 22.4 Å². The lowest BCUT2D eigenvalue weighted by Gasteiger charge is -2.22. The predicted molar refractivity (Wildman–Crippen MR) is 118 cm³/mol. The molecule has 2 aliphatic rings. The van der Waals surface area contributed by atoms with Gasteiger partial charge in [0, 0.05) is 35.6 Å². The number of benzene rings is 1. The van der Waals surface area contributed by atoms with E-state index in [4.69, 9.17) is 9.47 Å². The molecule has 0 saturated carbocycles. The van der Waals surface area contributed by atoms with E-state index in [0.29, 0.717) is 40.8 Å². The summed E-state index contributed by atoms with van der Waals surface area (Å²) in [6.07, 6.45) is 6.19. The number of aromatic carboxylic acids is 1. The van der Waals surface area contributed by atoms with E-state index < -0.39 is 23.9 Å². The summed E-state index contributed by atoms with van der Waals surface area (Å²) in [4.78, 5) is 12.5. The molecule has 0 fully saturated rings. The Hall–Kier alpha value is -3.65. The van der Waals surface area contributed by atoms with Crippen LogP contribution in [0.25, 0.3) is 16.5 Å². The van der Waals surface area contributed by atoms with Gasteiger partial charge < -0.3 is 24.5 Å². The maximum Gasteiger partial charge on any atom is 0.353 e. The summed E-state index contributed by atoms with van der Waals surface area (Å²) in [5.41, 5.74) is 2.29. The Morgan fingerprint density at radius 1 is 1.41 bits per heavy atom. The number of hydrogen-bond acceptors (Lipinski definition) is 4. The van der Waals surface area contributed by atoms with Gasteiger partial charge in [0.1, 0.15) is 23.1 Å². The van der Waals surface area contributed by atoms with Crippen molar-refractivity contribution < 1.29 is 28.2 Å². The fourth-order valence-electron chi connectivity index (χ4n) is 4.15. The summed E-state index contributed by atoms with van der Waals surface area (Å²) < 4.78 is 40.3. The fourth-order valence-corrected chi connectivity index (χ4v) is 4.15. The highest BCUT2D eigenvalue weighted by Crippen LogP contribution is 2.40. The molecule has 0 saturated heterocycles. The number of carboxylic acids is 1. The molecule has 2 aliphatic heterocycles. The maximum atomic E-state index is 14.1. The van der Waals surface area contributed by atoms with E-state index in [1.54, 1.807) is 24.4 Å². The number of rotatable bonds is 7. The Labute approximate surface area is 183 Å². The Bertz CT molecular complexity index is 1240. The highest BCUT2D eigenvalue weighted by Gasteiger charge is 2.31. The number of carbonyl (C=O) groups is 1. The molecular formula is C24H22F2N2O4. The van der Waals surface area contributed by atoms with Crippen LogP contribution in [-0.2, 0) is 17.7 Å². The van der Waals surface area contributed by atoms with Gasteiger partial charge in [-0.3, -0.25) is 0 Å². The van der Waals surface area contributed by atoms with E-state index in [9.17, 15) is 18.7 Å². The fraction of sp³-hybridized carbons (Fsp3) is 0.208. The first kappa shape index (κ1) is 21.6. The molecule has 1 aromatic heterocycles. The van der Waals surface area contributed by atoms with E-state index in [-0.39, 0.29) is 17.8 Å². The van der Waals surface area contributed by atoms with Gasteiger partial charge in [-0.05, 0) is 36.0 Å². The first-order chi connectivity index (χ1) is 15.3. The van der Waals surface area contributed by atoms with Crippen molar-refractivity contribution in [3.05, 3.63) is 83.8 Å². The molecule has 0 aliphatic carbocycles. The summed E-state index contributed by atoms with van der Waals surface area (Å²) in [6, 6.07) is 3.63. The quantitative estimate of drug-likeness (QED) is 0.614. The smallest absolute Gasteiger partial charge is 0.353 e. The van der Waals surface area contributed by atoms with Crippen molar-refractivity contribution in [3.8, 4) is 5.75 Å². The number of methoxy groups -OCH3 is 1. The van der Waals surface area contributed by atoms with Gasteiger partial charge >= 0.3 is 5.97 Å². The van der Waals surface area contributed by atoms with Crippen LogP contribution >= 0.6 is 0 Å². The molecule has 6 nitrogen and oxygen atoms in total. The van der Waals surface area contributed by atoms with Crippen LogP contribution < -0.4 is 10.1 Å². The zero-order valence-corrected chi connectivity index (χ0v) is 17.5. The third-order valence-corrected chi connectivity index (χ3v) is 5.51. The van der Waals surface area contributed by atoms with Gasteiger partial charge in [0.15, 0.2) is 6.23 Å². The molecule has 0 bridgehead atoms. The molecule has 2 aromatic rings. The number of halogens is 2. The topological polar surface area (TPSA) is 72.7 Å². The standard InChI is InChI=1S/C24H22F2N2O4/c1-13(25)9-16(14(2)26)12-28-19-10-15-6-8-32-20(15)11-18(19)21(22(28)24(29)30)17-5-4-7-27-23(17)31-3/h4-5,7,9-11,23,27H,1-2,6,8,12H2,3H3,(H,29,30)/b16-9-. The number of dihydropyridines is 1. The highest BCUT2D eigenvalue weighted by molar-refractivity contribution is 6.06. The number of allylic oxidation sites excluding steroid dienone is 6. The van der Waals surface area contributed by atoms with Crippen LogP contribution in [0.2, 0.25) is 0 Å². The SMILES string of the molecule is C=C(F)/C=C(/Cn1c(C(=O)O)c(C2=CC=CNC2OC)c2cc3c(cc21)CCO3)C(=C)F. The van der Waals surface area contributed by atoms with Crippen molar-refractivity contribution in [1.29, 1.82) is 0 Å². The Balaban J connectivity index is 2.05. The normalized spacial score (nSPS) is 17.5. The van der Waals surface area contributed by atoms with Crippen LogP contribution in [0.15, 0.2) is 66.9 Å². The molecule has 0 amide bonds. The molecule has 0 radical (unpaired) electrons. The Morgan fingerprint density at radius 3 is 2.84 bits per heavy atom. The summed E-state index contributed by atoms with van der Waals surface area (Å²) in [5, 5.41) is 13.8. The van der Waals surface area contributed by atoms with Gasteiger partial charge in [0.25, 0.3) is 0 Å². The first-order valence-electron chi connectivity index (χ1n) is 9.92. The van der Waals surface area contributed by atoms with Crippen LogP contribution in [0.3, 0.4) is 0 Å². The molecule has 8 heteroatoms. The molecule has 4 rings (SSSR count). The lowest BCUT2D eigenvalue weighted by molar-refractivity contribution is 0.0685. The van der Waals surface area contributed by atoms with Gasteiger partial charge in [0.2, 0.25) is 0 Å². The molecule has 3 heterocycles. The van der Waals surface area contributed by atoms with E-state index >= 15 is 0 Å². The molecule has 1 unspecified atom stereocenters. The van der Waals surface area contributed by atoms with Gasteiger partial charge in [0.05, 0.1) is 18.7 Å². The molecule has 32 heavy (non-hydrogen) atoms. The number of ether oxygens (including phenoxy) is 2. The van der Waals surface area contributed by atoms with E-state index in [2.05, 4.69) is 18.5 Å². The Kier molecular flexibility index (Phi) is 5.71. The van der Waals surface area contributed by atoms with Gasteiger partial charge in [-0.2, -0.15) is 0 Å². The number of fused-ring (bicyclic) bond motifs is 2. The second kappa shape index (κ2) is 8.47. The number of nitrogens with zero attached hydrogens (tertiary/aromatic N) is 1. The van der Waals surface area contributed by atoms with Crippen molar-refractivity contribution in [2.45, 2.75) is 19.2 Å². The third-order valence-electron chi connectivity index (χ3n) is 5.51. The van der Waals surface area contributed by atoms with Crippen molar-refractivity contribution in [1.82, 2.24) is 9.88 Å². The molecular weight excluding hydrogens is 418 g/mol. The molecule has 2 N–H and O–H groups in total. The van der Waals surface area contributed by atoms with Crippen LogP contribution in [0.1, 0.15) is 21.6 Å². The van der Waals surface area contributed by atoms with Crippen molar-refractivity contribution in [3.63, 3.8) is 0 Å². The van der Waals surface area contributed by atoms with Crippen LogP contribution in [0.5, 0.6) is 5.75 Å².